The standard InChI is InChI=1S/C16H18N6S/c1-11-15(9-17-22-13(3)18-19-16(22)23)12(2)21(20-11)10-14-7-5-4-6-8-14/h4-9H,10H2,1-3H3,(H,19,23)/b17-9-. The third kappa shape index (κ3) is 3.14. The van der Waals surface area contributed by atoms with E-state index in [1.807, 2.05) is 43.7 Å². The number of benzene rings is 1. The summed E-state index contributed by atoms with van der Waals surface area (Å²) in [7, 11) is 0. The lowest BCUT2D eigenvalue weighted by Crippen LogP contribution is -2.04. The van der Waals surface area contributed by atoms with Gasteiger partial charge >= 0.3 is 0 Å². The van der Waals surface area contributed by atoms with Crippen molar-refractivity contribution in [1.82, 2.24) is 24.7 Å². The third-order valence-electron chi connectivity index (χ3n) is 3.73. The first-order valence-corrected chi connectivity index (χ1v) is 7.73. The van der Waals surface area contributed by atoms with Crippen LogP contribution in [0.3, 0.4) is 0 Å². The van der Waals surface area contributed by atoms with Gasteiger partial charge in [0.2, 0.25) is 4.77 Å². The number of aromatic nitrogens is 5. The van der Waals surface area contributed by atoms with Gasteiger partial charge in [0.05, 0.1) is 18.5 Å². The Bertz CT molecular complexity index is 901. The molecule has 0 aliphatic rings. The minimum absolute atomic E-state index is 0.478. The van der Waals surface area contributed by atoms with Crippen LogP contribution in [-0.2, 0) is 6.54 Å². The fraction of sp³-hybridized carbons (Fsp3) is 0.250. The van der Waals surface area contributed by atoms with Gasteiger partial charge in [0.1, 0.15) is 5.82 Å². The molecule has 0 saturated carbocycles. The summed E-state index contributed by atoms with van der Waals surface area (Å²) in [5.41, 5.74) is 4.23. The molecule has 0 bridgehead atoms. The van der Waals surface area contributed by atoms with E-state index in [1.54, 1.807) is 10.9 Å². The van der Waals surface area contributed by atoms with E-state index in [9.17, 15) is 0 Å². The van der Waals surface area contributed by atoms with Gasteiger partial charge in [0.15, 0.2) is 0 Å². The van der Waals surface area contributed by atoms with Gasteiger partial charge in [-0.05, 0) is 38.6 Å². The Morgan fingerprint density at radius 1 is 1.22 bits per heavy atom. The first-order chi connectivity index (χ1) is 11.1. The molecule has 2 aromatic heterocycles. The van der Waals surface area contributed by atoms with Crippen molar-refractivity contribution in [3.05, 3.63) is 63.4 Å². The number of hydrogen-bond donors (Lipinski definition) is 1. The molecule has 1 aromatic carbocycles. The van der Waals surface area contributed by atoms with Crippen molar-refractivity contribution in [2.45, 2.75) is 27.3 Å². The number of aromatic amines is 1. The first kappa shape index (κ1) is 15.4. The zero-order chi connectivity index (χ0) is 16.4. The first-order valence-electron chi connectivity index (χ1n) is 7.32. The molecule has 0 saturated heterocycles. The molecule has 6 nitrogen and oxygen atoms in total. The highest BCUT2D eigenvalue weighted by atomic mass is 32.1. The Morgan fingerprint density at radius 2 is 1.96 bits per heavy atom. The van der Waals surface area contributed by atoms with Crippen LogP contribution in [0.5, 0.6) is 0 Å². The number of rotatable bonds is 4. The van der Waals surface area contributed by atoms with E-state index in [1.165, 1.54) is 5.56 Å². The summed E-state index contributed by atoms with van der Waals surface area (Å²) in [5.74, 6) is 0.721. The molecule has 7 heteroatoms. The third-order valence-corrected chi connectivity index (χ3v) is 3.99. The molecule has 3 aromatic rings. The van der Waals surface area contributed by atoms with Crippen LogP contribution in [0.15, 0.2) is 35.4 Å². The predicted molar refractivity (Wildman–Crippen MR) is 92.4 cm³/mol. The topological polar surface area (TPSA) is 63.8 Å². The summed E-state index contributed by atoms with van der Waals surface area (Å²) in [6, 6.07) is 10.3. The molecule has 118 valence electrons. The van der Waals surface area contributed by atoms with E-state index in [0.29, 0.717) is 4.77 Å². The molecule has 1 N–H and O–H groups in total. The number of hydrogen-bond acceptors (Lipinski definition) is 4. The largest absolute Gasteiger partial charge is 0.265 e. The highest BCUT2D eigenvalue weighted by Crippen LogP contribution is 2.13. The van der Waals surface area contributed by atoms with Gasteiger partial charge in [-0.15, -0.1) is 0 Å². The van der Waals surface area contributed by atoms with Crippen LogP contribution in [0.1, 0.15) is 28.3 Å². The lowest BCUT2D eigenvalue weighted by molar-refractivity contribution is 0.659. The van der Waals surface area contributed by atoms with E-state index in [4.69, 9.17) is 12.2 Å². The molecular weight excluding hydrogens is 308 g/mol. The summed E-state index contributed by atoms with van der Waals surface area (Å²) < 4.78 is 4.07. The molecule has 3 rings (SSSR count). The second kappa shape index (κ2) is 6.29. The maximum absolute atomic E-state index is 5.16. The zero-order valence-electron chi connectivity index (χ0n) is 13.3. The molecule has 0 spiro atoms. The Morgan fingerprint density at radius 3 is 2.61 bits per heavy atom. The monoisotopic (exact) mass is 326 g/mol. The van der Waals surface area contributed by atoms with Crippen LogP contribution in [0.4, 0.5) is 0 Å². The molecule has 0 atom stereocenters. The molecule has 0 unspecified atom stereocenters. The molecule has 0 fully saturated rings. The second-order valence-corrected chi connectivity index (χ2v) is 5.75. The smallest absolute Gasteiger partial charge is 0.216 e. The average Bonchev–Trinajstić information content (AvgIpc) is 2.99. The van der Waals surface area contributed by atoms with Crippen molar-refractivity contribution in [2.75, 3.05) is 0 Å². The van der Waals surface area contributed by atoms with Crippen molar-refractivity contribution in [1.29, 1.82) is 0 Å². The van der Waals surface area contributed by atoms with Gasteiger partial charge in [0.25, 0.3) is 0 Å². The quantitative estimate of drug-likeness (QED) is 0.592. The van der Waals surface area contributed by atoms with Crippen LogP contribution in [-0.4, -0.2) is 30.9 Å². The summed E-state index contributed by atoms with van der Waals surface area (Å²) >= 11 is 5.16. The number of nitrogens with one attached hydrogen (secondary N) is 1. The molecule has 0 aliphatic carbocycles. The van der Waals surface area contributed by atoms with Crippen LogP contribution < -0.4 is 0 Å². The van der Waals surface area contributed by atoms with Crippen molar-refractivity contribution in [3.8, 4) is 0 Å². The minimum atomic E-state index is 0.478. The average molecular weight is 326 g/mol. The Hall–Kier alpha value is -2.54. The Balaban J connectivity index is 1.91. The molecule has 0 amide bonds. The minimum Gasteiger partial charge on any atom is -0.265 e. The van der Waals surface area contributed by atoms with Gasteiger partial charge in [-0.3, -0.25) is 9.78 Å². The fourth-order valence-electron chi connectivity index (χ4n) is 2.43. The van der Waals surface area contributed by atoms with Crippen LogP contribution in [0.2, 0.25) is 0 Å². The number of nitrogens with zero attached hydrogens (tertiary/aromatic N) is 5. The lowest BCUT2D eigenvalue weighted by atomic mass is 10.2. The van der Waals surface area contributed by atoms with Crippen LogP contribution in [0, 0.1) is 25.5 Å². The van der Waals surface area contributed by atoms with E-state index >= 15 is 0 Å². The summed E-state index contributed by atoms with van der Waals surface area (Å²) in [6.45, 7) is 6.62. The van der Waals surface area contributed by atoms with Crippen molar-refractivity contribution in [2.24, 2.45) is 5.10 Å². The van der Waals surface area contributed by atoms with E-state index < -0.39 is 0 Å². The van der Waals surface area contributed by atoms with E-state index in [-0.39, 0.29) is 0 Å². The zero-order valence-corrected chi connectivity index (χ0v) is 14.1. The van der Waals surface area contributed by atoms with Gasteiger partial charge in [0, 0.05) is 11.3 Å². The summed E-state index contributed by atoms with van der Waals surface area (Å²) in [5, 5.41) is 15.8. The van der Waals surface area contributed by atoms with Gasteiger partial charge in [-0.2, -0.15) is 20.0 Å². The van der Waals surface area contributed by atoms with Crippen LogP contribution >= 0.6 is 12.2 Å². The molecule has 2 heterocycles. The van der Waals surface area contributed by atoms with Crippen molar-refractivity contribution >= 4 is 18.4 Å². The SMILES string of the molecule is Cc1nn(Cc2ccccc2)c(C)c1/C=N\n1c(C)n[nH]c1=S. The summed E-state index contributed by atoms with van der Waals surface area (Å²) in [6.07, 6.45) is 1.79. The second-order valence-electron chi connectivity index (χ2n) is 5.36. The normalized spacial score (nSPS) is 11.4. The Kier molecular flexibility index (Phi) is 4.20. The maximum Gasteiger partial charge on any atom is 0.216 e. The van der Waals surface area contributed by atoms with Crippen molar-refractivity contribution in [3.63, 3.8) is 0 Å². The van der Waals surface area contributed by atoms with E-state index in [0.717, 1.165) is 29.3 Å². The molecule has 0 radical (unpaired) electrons. The predicted octanol–water partition coefficient (Wildman–Crippen LogP) is 2.99. The fourth-order valence-corrected chi connectivity index (χ4v) is 2.65. The highest BCUT2D eigenvalue weighted by Gasteiger charge is 2.10. The molecule has 0 aliphatic heterocycles. The van der Waals surface area contributed by atoms with Gasteiger partial charge < -0.3 is 0 Å². The van der Waals surface area contributed by atoms with Crippen LogP contribution in [0.25, 0.3) is 0 Å². The Labute approximate surface area is 139 Å². The molecular formula is C16H18N6S. The van der Waals surface area contributed by atoms with Gasteiger partial charge in [-0.1, -0.05) is 30.3 Å². The molecule has 23 heavy (non-hydrogen) atoms. The highest BCUT2D eigenvalue weighted by molar-refractivity contribution is 7.71. The number of H-pyrrole nitrogens is 1. The number of aryl methyl sites for hydroxylation is 2. The summed E-state index contributed by atoms with van der Waals surface area (Å²) in [4.78, 5) is 0. The van der Waals surface area contributed by atoms with E-state index in [2.05, 4.69) is 32.5 Å². The van der Waals surface area contributed by atoms with Gasteiger partial charge in [-0.25, -0.2) is 0 Å². The lowest BCUT2D eigenvalue weighted by Gasteiger charge is -2.04. The maximum atomic E-state index is 5.16. The van der Waals surface area contributed by atoms with Crippen molar-refractivity contribution < 1.29 is 0 Å².